The number of ether oxygens (including phenoxy) is 2. The van der Waals surface area contributed by atoms with Crippen molar-refractivity contribution in [2.24, 2.45) is 7.05 Å². The van der Waals surface area contributed by atoms with Gasteiger partial charge in [-0.15, -0.1) is 0 Å². The van der Waals surface area contributed by atoms with E-state index in [1.165, 1.54) is 23.3 Å². The predicted octanol–water partition coefficient (Wildman–Crippen LogP) is 6.25. The number of amides is 2. The Bertz CT molecular complexity index is 1970. The lowest BCUT2D eigenvalue weighted by molar-refractivity contribution is -0.142. The third-order valence-corrected chi connectivity index (χ3v) is 8.98. The fraction of sp³-hybridized carbons (Fsp3) is 0.375. The van der Waals surface area contributed by atoms with Gasteiger partial charge in [-0.1, -0.05) is 58.9 Å². The zero-order valence-corrected chi connectivity index (χ0v) is 30.5. The fourth-order valence-corrected chi connectivity index (χ4v) is 6.24. The number of aryl methyl sites for hydroxylation is 1. The maximum absolute atomic E-state index is 14.0. The first-order valence-electron chi connectivity index (χ1n) is 17.4. The standard InChI is InChI=1S/C38H41N5O6.C2H6/c1-24(44)49-23-31-29(7-6-8-33(31)43-14-13-25-19-28(38(2,3)4)10-11-30(25)36(43)46)27-20-32(37(47)41(5)22-27)40-34-12-9-26(21-39-34)35(45)42-15-17-48-18-16-42;1-2/h6-12,19-22H,13-18,23H2,1-5H3,(H,39,40);1-2H3. The predicted molar refractivity (Wildman–Crippen MR) is 199 cm³/mol. The van der Waals surface area contributed by atoms with Crippen LogP contribution in [0.3, 0.4) is 0 Å². The van der Waals surface area contributed by atoms with Crippen molar-refractivity contribution < 1.29 is 23.9 Å². The summed E-state index contributed by atoms with van der Waals surface area (Å²) in [5, 5.41) is 3.11. The maximum Gasteiger partial charge on any atom is 0.302 e. The number of hydrogen-bond acceptors (Lipinski definition) is 8. The van der Waals surface area contributed by atoms with Gasteiger partial charge in [0, 0.05) is 62.7 Å². The maximum atomic E-state index is 14.0. The quantitative estimate of drug-likeness (QED) is 0.226. The molecule has 11 nitrogen and oxygen atoms in total. The molecule has 1 fully saturated rings. The van der Waals surface area contributed by atoms with Gasteiger partial charge in [-0.3, -0.25) is 19.2 Å². The van der Waals surface area contributed by atoms with E-state index in [4.69, 9.17) is 9.47 Å². The van der Waals surface area contributed by atoms with Gasteiger partial charge in [-0.25, -0.2) is 4.98 Å². The number of benzene rings is 2. The Kier molecular flexibility index (Phi) is 11.4. The van der Waals surface area contributed by atoms with Gasteiger partial charge in [-0.2, -0.15) is 0 Å². The molecular weight excluding hydrogens is 646 g/mol. The summed E-state index contributed by atoms with van der Waals surface area (Å²) in [6.07, 6.45) is 3.88. The molecule has 0 radical (unpaired) electrons. The number of nitrogens with zero attached hydrogens (tertiary/aromatic N) is 4. The van der Waals surface area contributed by atoms with E-state index < -0.39 is 5.97 Å². The number of fused-ring (bicyclic) bond motifs is 1. The van der Waals surface area contributed by atoms with E-state index in [-0.39, 0.29) is 35.1 Å². The Morgan fingerprint density at radius 3 is 2.37 bits per heavy atom. The van der Waals surface area contributed by atoms with E-state index in [1.807, 2.05) is 44.2 Å². The van der Waals surface area contributed by atoms with Gasteiger partial charge >= 0.3 is 5.97 Å². The lowest BCUT2D eigenvalue weighted by Gasteiger charge is -2.32. The molecule has 1 saturated heterocycles. The molecule has 1 N–H and O–H groups in total. The molecule has 4 aromatic rings. The van der Waals surface area contributed by atoms with Crippen LogP contribution >= 0.6 is 0 Å². The highest BCUT2D eigenvalue weighted by Gasteiger charge is 2.30. The van der Waals surface area contributed by atoms with Gasteiger partial charge in [0.2, 0.25) is 0 Å². The van der Waals surface area contributed by atoms with E-state index in [9.17, 15) is 19.2 Å². The van der Waals surface area contributed by atoms with Crippen molar-refractivity contribution in [3.63, 3.8) is 0 Å². The zero-order valence-electron chi connectivity index (χ0n) is 30.5. The molecule has 0 saturated carbocycles. The number of hydrogen-bond donors (Lipinski definition) is 1. The highest BCUT2D eigenvalue weighted by atomic mass is 16.5. The monoisotopic (exact) mass is 693 g/mol. The molecule has 0 atom stereocenters. The smallest absolute Gasteiger partial charge is 0.302 e. The Morgan fingerprint density at radius 2 is 1.71 bits per heavy atom. The second-order valence-corrected chi connectivity index (χ2v) is 13.4. The van der Waals surface area contributed by atoms with E-state index in [0.717, 1.165) is 5.56 Å². The van der Waals surface area contributed by atoms with Gasteiger partial charge in [0.15, 0.2) is 0 Å². The van der Waals surface area contributed by atoms with Crippen molar-refractivity contribution >= 4 is 35.0 Å². The lowest BCUT2D eigenvalue weighted by atomic mass is 9.84. The molecule has 2 aromatic carbocycles. The van der Waals surface area contributed by atoms with E-state index >= 15 is 0 Å². The lowest BCUT2D eigenvalue weighted by Crippen LogP contribution is -2.40. The first-order valence-corrected chi connectivity index (χ1v) is 17.4. The molecule has 2 aliphatic heterocycles. The summed E-state index contributed by atoms with van der Waals surface area (Å²) in [5.41, 5.74) is 5.92. The summed E-state index contributed by atoms with van der Waals surface area (Å²) >= 11 is 0. The second-order valence-electron chi connectivity index (χ2n) is 13.4. The third kappa shape index (κ3) is 8.20. The van der Waals surface area contributed by atoms with E-state index in [1.54, 1.807) is 41.2 Å². The largest absolute Gasteiger partial charge is 0.461 e. The number of carbonyl (C=O) groups excluding carboxylic acids is 3. The van der Waals surface area contributed by atoms with Crippen LogP contribution in [0.25, 0.3) is 11.1 Å². The molecule has 11 heteroatoms. The number of pyridine rings is 2. The Morgan fingerprint density at radius 1 is 0.961 bits per heavy atom. The molecular formula is C40H47N5O6. The van der Waals surface area contributed by atoms with Crippen molar-refractivity contribution in [3.05, 3.63) is 105 Å². The molecule has 0 spiro atoms. The van der Waals surface area contributed by atoms with Crippen LogP contribution in [0.15, 0.2) is 71.8 Å². The van der Waals surface area contributed by atoms with Crippen molar-refractivity contribution in [2.45, 2.75) is 60.0 Å². The average Bonchev–Trinajstić information content (AvgIpc) is 3.13. The van der Waals surface area contributed by atoms with Crippen LogP contribution in [0.4, 0.5) is 17.2 Å². The highest BCUT2D eigenvalue weighted by molar-refractivity contribution is 6.09. The van der Waals surface area contributed by atoms with Gasteiger partial charge in [0.05, 0.1) is 24.5 Å². The second kappa shape index (κ2) is 15.7. The van der Waals surface area contributed by atoms with Gasteiger partial charge in [0.25, 0.3) is 17.4 Å². The van der Waals surface area contributed by atoms with Crippen LogP contribution in [0, 0.1) is 0 Å². The minimum absolute atomic E-state index is 0.0359. The Balaban J connectivity index is 0.00000248. The molecule has 0 bridgehead atoms. The summed E-state index contributed by atoms with van der Waals surface area (Å²) in [4.78, 5) is 60.0. The van der Waals surface area contributed by atoms with Gasteiger partial charge in [-0.05, 0) is 58.9 Å². The Hall–Kier alpha value is -5.29. The summed E-state index contributed by atoms with van der Waals surface area (Å²) in [5.74, 6) is -0.290. The summed E-state index contributed by atoms with van der Waals surface area (Å²) < 4.78 is 12.3. The van der Waals surface area contributed by atoms with Crippen LogP contribution < -0.4 is 15.8 Å². The van der Waals surface area contributed by atoms with Crippen LogP contribution in [0.1, 0.15) is 78.9 Å². The molecule has 2 aromatic heterocycles. The molecule has 268 valence electrons. The van der Waals surface area contributed by atoms with E-state index in [0.29, 0.717) is 78.6 Å². The molecule has 0 aliphatic carbocycles. The zero-order chi connectivity index (χ0) is 36.9. The number of aromatic nitrogens is 2. The third-order valence-electron chi connectivity index (χ3n) is 8.98. The number of esters is 1. The van der Waals surface area contributed by atoms with Crippen LogP contribution in [-0.4, -0.2) is 65.1 Å². The first-order chi connectivity index (χ1) is 24.4. The summed E-state index contributed by atoms with van der Waals surface area (Å²) in [7, 11) is 1.65. The number of carbonyl (C=O) groups is 3. The number of morpholine rings is 1. The molecule has 0 unspecified atom stereocenters. The SMILES string of the molecule is CC.CC(=O)OCc1c(-c2cc(Nc3ccc(C(=O)N4CCOCC4)cn3)c(=O)n(C)c2)cccc1N1CCc2cc(C(C)(C)C)ccc2C1=O. The molecule has 2 aliphatic rings. The number of nitrogens with one attached hydrogen (secondary N) is 1. The average molecular weight is 694 g/mol. The highest BCUT2D eigenvalue weighted by Crippen LogP contribution is 2.36. The van der Waals surface area contributed by atoms with Crippen molar-refractivity contribution in [3.8, 4) is 11.1 Å². The first kappa shape index (κ1) is 37.0. The van der Waals surface area contributed by atoms with Gasteiger partial charge < -0.3 is 29.2 Å². The fourth-order valence-electron chi connectivity index (χ4n) is 6.24. The van der Waals surface area contributed by atoms with Crippen molar-refractivity contribution in [2.75, 3.05) is 43.1 Å². The van der Waals surface area contributed by atoms with Crippen LogP contribution in [0.5, 0.6) is 0 Å². The summed E-state index contributed by atoms with van der Waals surface area (Å²) in [6.45, 7) is 14.3. The Labute approximate surface area is 299 Å². The summed E-state index contributed by atoms with van der Waals surface area (Å²) in [6, 6.07) is 16.7. The van der Waals surface area contributed by atoms with E-state index in [2.05, 4.69) is 37.1 Å². The van der Waals surface area contributed by atoms with Crippen molar-refractivity contribution in [1.29, 1.82) is 0 Å². The van der Waals surface area contributed by atoms with Gasteiger partial charge in [0.1, 0.15) is 18.1 Å². The molecule has 4 heterocycles. The molecule has 6 rings (SSSR count). The topological polar surface area (TPSA) is 123 Å². The van der Waals surface area contributed by atoms with Crippen LogP contribution in [-0.2, 0) is 39.8 Å². The minimum atomic E-state index is -0.449. The molecule has 2 amide bonds. The van der Waals surface area contributed by atoms with Crippen molar-refractivity contribution in [1.82, 2.24) is 14.5 Å². The number of rotatable bonds is 7. The minimum Gasteiger partial charge on any atom is -0.461 e. The normalized spacial score (nSPS) is 14.3. The molecule has 51 heavy (non-hydrogen) atoms. The number of anilines is 3. The van der Waals surface area contributed by atoms with Crippen LogP contribution in [0.2, 0.25) is 0 Å².